The van der Waals surface area contributed by atoms with Crippen molar-refractivity contribution < 1.29 is 28.5 Å². The minimum absolute atomic E-state index is 0.101. The van der Waals surface area contributed by atoms with E-state index in [1.165, 1.54) is 26.4 Å². The van der Waals surface area contributed by atoms with Crippen LogP contribution in [0.4, 0.5) is 15.9 Å². The van der Waals surface area contributed by atoms with E-state index in [2.05, 4.69) is 15.3 Å². The van der Waals surface area contributed by atoms with Crippen LogP contribution in [0.5, 0.6) is 17.2 Å². The Morgan fingerprint density at radius 3 is 2.53 bits per heavy atom. The number of halogens is 1. The van der Waals surface area contributed by atoms with Crippen molar-refractivity contribution in [2.75, 3.05) is 32.6 Å². The van der Waals surface area contributed by atoms with Gasteiger partial charge in [-0.1, -0.05) is 0 Å². The largest absolute Gasteiger partial charge is 0.494 e. The molecule has 1 amide bonds. The van der Waals surface area contributed by atoms with Crippen LogP contribution in [0.1, 0.15) is 19.8 Å². The molecule has 0 spiro atoms. The number of likely N-dealkylation sites (tertiary alicyclic amines) is 1. The van der Waals surface area contributed by atoms with Gasteiger partial charge in [0, 0.05) is 49.1 Å². The molecule has 2 N–H and O–H groups in total. The van der Waals surface area contributed by atoms with E-state index in [9.17, 15) is 14.3 Å². The molecule has 4 rings (SSSR count). The van der Waals surface area contributed by atoms with E-state index in [0.717, 1.165) is 0 Å². The lowest BCUT2D eigenvalue weighted by Gasteiger charge is -2.33. The highest BCUT2D eigenvalue weighted by Crippen LogP contribution is 2.36. The van der Waals surface area contributed by atoms with Gasteiger partial charge in [0.2, 0.25) is 0 Å². The topological polar surface area (TPSA) is 106 Å². The molecule has 0 radical (unpaired) electrons. The maximum atomic E-state index is 13.8. The number of aliphatic hydroxyl groups is 1. The second-order valence-electron chi connectivity index (χ2n) is 8.04. The van der Waals surface area contributed by atoms with Crippen LogP contribution in [0.3, 0.4) is 0 Å². The molecular weight excluding hydrogens is 443 g/mol. The van der Waals surface area contributed by atoms with Crippen molar-refractivity contribution >= 4 is 28.3 Å². The third kappa shape index (κ3) is 4.96. The fourth-order valence-corrected chi connectivity index (χ4v) is 3.93. The Morgan fingerprint density at radius 2 is 1.85 bits per heavy atom. The van der Waals surface area contributed by atoms with Crippen LogP contribution in [-0.2, 0) is 4.79 Å². The molecule has 3 aromatic rings. The summed E-state index contributed by atoms with van der Waals surface area (Å²) in [6.07, 6.45) is 1.61. The lowest BCUT2D eigenvalue weighted by molar-refractivity contribution is -0.141. The maximum absolute atomic E-state index is 13.8. The number of hydrogen-bond donors (Lipinski definition) is 2. The summed E-state index contributed by atoms with van der Waals surface area (Å²) in [4.78, 5) is 22.3. The number of carbonyl (C=O) groups is 1. The Morgan fingerprint density at radius 1 is 1.12 bits per heavy atom. The fourth-order valence-electron chi connectivity index (χ4n) is 3.93. The SMILES string of the molecule is COc1cc(Nc2ncnc3cc(OC4CCN(C(=O)C(C)O)CC4)c(OC)cc23)ccc1F. The number of benzene rings is 2. The predicted molar refractivity (Wildman–Crippen MR) is 124 cm³/mol. The first-order chi connectivity index (χ1) is 16.4. The highest BCUT2D eigenvalue weighted by molar-refractivity contribution is 5.93. The van der Waals surface area contributed by atoms with E-state index >= 15 is 0 Å². The van der Waals surface area contributed by atoms with Crippen molar-refractivity contribution in [1.29, 1.82) is 0 Å². The molecule has 9 nitrogen and oxygen atoms in total. The van der Waals surface area contributed by atoms with Gasteiger partial charge < -0.3 is 29.5 Å². The van der Waals surface area contributed by atoms with Crippen LogP contribution in [0.25, 0.3) is 10.9 Å². The number of aromatic nitrogens is 2. The summed E-state index contributed by atoms with van der Waals surface area (Å²) in [6, 6.07) is 8.04. The van der Waals surface area contributed by atoms with Gasteiger partial charge in [-0.25, -0.2) is 14.4 Å². The number of methoxy groups -OCH3 is 2. The smallest absolute Gasteiger partial charge is 0.251 e. The quantitative estimate of drug-likeness (QED) is 0.542. The molecular formula is C24H27FN4O5. The minimum Gasteiger partial charge on any atom is -0.494 e. The molecule has 0 bridgehead atoms. The summed E-state index contributed by atoms with van der Waals surface area (Å²) in [5, 5.41) is 13.4. The van der Waals surface area contributed by atoms with Crippen LogP contribution < -0.4 is 19.5 Å². The molecule has 1 aromatic heterocycles. The molecule has 1 aliphatic heterocycles. The van der Waals surface area contributed by atoms with Crippen molar-refractivity contribution in [3.63, 3.8) is 0 Å². The van der Waals surface area contributed by atoms with Gasteiger partial charge in [0.15, 0.2) is 23.1 Å². The number of carbonyl (C=O) groups excluding carboxylic acids is 1. The molecule has 34 heavy (non-hydrogen) atoms. The third-order valence-corrected chi connectivity index (χ3v) is 5.74. The number of nitrogens with zero attached hydrogens (tertiary/aromatic N) is 3. The summed E-state index contributed by atoms with van der Waals surface area (Å²) in [5.41, 5.74) is 1.25. The lowest BCUT2D eigenvalue weighted by Crippen LogP contribution is -2.45. The number of fused-ring (bicyclic) bond motifs is 1. The Balaban J connectivity index is 1.55. The van der Waals surface area contributed by atoms with Gasteiger partial charge in [0.1, 0.15) is 24.4 Å². The molecule has 2 heterocycles. The zero-order chi connectivity index (χ0) is 24.2. The fraction of sp³-hybridized carbons (Fsp3) is 0.375. The second-order valence-corrected chi connectivity index (χ2v) is 8.04. The third-order valence-electron chi connectivity index (χ3n) is 5.74. The molecule has 0 aliphatic carbocycles. The maximum Gasteiger partial charge on any atom is 0.251 e. The van der Waals surface area contributed by atoms with Crippen LogP contribution in [0.2, 0.25) is 0 Å². The average molecular weight is 471 g/mol. The van der Waals surface area contributed by atoms with Crippen LogP contribution in [-0.4, -0.2) is 65.4 Å². The number of amides is 1. The van der Waals surface area contributed by atoms with E-state index < -0.39 is 11.9 Å². The van der Waals surface area contributed by atoms with E-state index in [-0.39, 0.29) is 17.8 Å². The Bertz CT molecular complexity index is 1180. The standard InChI is InChI=1S/C24H27FN4O5/c1-14(30)24(31)29-8-6-16(7-9-29)34-22-12-19-17(11-21(22)33-3)23(27-13-26-19)28-15-4-5-18(25)20(10-15)32-2/h4-5,10-14,16,30H,6-9H2,1-3H3,(H,26,27,28). The Hall–Kier alpha value is -3.66. The van der Waals surface area contributed by atoms with Gasteiger partial charge in [-0.15, -0.1) is 0 Å². The minimum atomic E-state index is -1.00. The van der Waals surface area contributed by atoms with Crippen molar-refractivity contribution in [2.24, 2.45) is 0 Å². The number of aliphatic hydroxyl groups excluding tert-OH is 1. The van der Waals surface area contributed by atoms with Crippen LogP contribution >= 0.6 is 0 Å². The zero-order valence-corrected chi connectivity index (χ0v) is 19.2. The van der Waals surface area contributed by atoms with Crippen LogP contribution in [0, 0.1) is 5.82 Å². The lowest BCUT2D eigenvalue weighted by atomic mass is 10.1. The monoisotopic (exact) mass is 470 g/mol. The molecule has 1 saturated heterocycles. The van der Waals surface area contributed by atoms with E-state index in [0.29, 0.717) is 59.8 Å². The van der Waals surface area contributed by atoms with E-state index in [1.807, 2.05) is 0 Å². The molecule has 1 unspecified atom stereocenters. The summed E-state index contributed by atoms with van der Waals surface area (Å²) in [7, 11) is 2.96. The van der Waals surface area contributed by atoms with Gasteiger partial charge in [-0.3, -0.25) is 4.79 Å². The number of anilines is 2. The van der Waals surface area contributed by atoms with Gasteiger partial charge in [-0.2, -0.15) is 0 Å². The van der Waals surface area contributed by atoms with Crippen molar-refractivity contribution in [3.8, 4) is 17.2 Å². The molecule has 1 atom stereocenters. The number of rotatable bonds is 7. The number of ether oxygens (including phenoxy) is 3. The average Bonchev–Trinajstić information content (AvgIpc) is 2.85. The van der Waals surface area contributed by atoms with Gasteiger partial charge >= 0.3 is 0 Å². The van der Waals surface area contributed by atoms with Gasteiger partial charge in [0.05, 0.1) is 19.7 Å². The zero-order valence-electron chi connectivity index (χ0n) is 19.2. The molecule has 0 saturated carbocycles. The highest BCUT2D eigenvalue weighted by Gasteiger charge is 2.27. The number of piperidine rings is 1. The highest BCUT2D eigenvalue weighted by atomic mass is 19.1. The summed E-state index contributed by atoms with van der Waals surface area (Å²) < 4.78 is 30.6. The van der Waals surface area contributed by atoms with Crippen molar-refractivity contribution in [1.82, 2.24) is 14.9 Å². The first kappa shape index (κ1) is 23.5. The van der Waals surface area contributed by atoms with E-state index in [4.69, 9.17) is 14.2 Å². The van der Waals surface area contributed by atoms with Crippen molar-refractivity contribution in [2.45, 2.75) is 32.0 Å². The van der Waals surface area contributed by atoms with Crippen molar-refractivity contribution in [3.05, 3.63) is 42.5 Å². The Labute approximate surface area is 196 Å². The van der Waals surface area contributed by atoms with Gasteiger partial charge in [0.25, 0.3) is 5.91 Å². The molecule has 10 heteroatoms. The Kier molecular flexibility index (Phi) is 6.97. The summed E-state index contributed by atoms with van der Waals surface area (Å²) >= 11 is 0. The second kappa shape index (κ2) is 10.1. The first-order valence-electron chi connectivity index (χ1n) is 11.0. The molecule has 1 fully saturated rings. The predicted octanol–water partition coefficient (Wildman–Crippen LogP) is 3.28. The molecule has 2 aromatic carbocycles. The van der Waals surface area contributed by atoms with Crippen LogP contribution in [0.15, 0.2) is 36.7 Å². The summed E-state index contributed by atoms with van der Waals surface area (Å²) in [6.45, 7) is 2.51. The van der Waals surface area contributed by atoms with Gasteiger partial charge in [-0.05, 0) is 25.1 Å². The summed E-state index contributed by atoms with van der Waals surface area (Å²) in [5.74, 6) is 0.988. The normalized spacial score (nSPS) is 15.1. The molecule has 1 aliphatic rings. The molecule has 180 valence electrons. The first-order valence-corrected chi connectivity index (χ1v) is 11.0. The number of hydrogen-bond acceptors (Lipinski definition) is 8. The van der Waals surface area contributed by atoms with E-state index in [1.54, 1.807) is 36.3 Å². The number of nitrogens with one attached hydrogen (secondary N) is 1.